The van der Waals surface area contributed by atoms with Crippen molar-refractivity contribution in [2.45, 2.75) is 58.4 Å². The normalized spacial score (nSPS) is 19.7. The van der Waals surface area contributed by atoms with Gasteiger partial charge in [0.15, 0.2) is 6.61 Å². The Morgan fingerprint density at radius 1 is 1.10 bits per heavy atom. The maximum atomic E-state index is 12.4. The zero-order valence-corrected chi connectivity index (χ0v) is 18.3. The van der Waals surface area contributed by atoms with Gasteiger partial charge >= 0.3 is 0 Å². The molecule has 2 aromatic carbocycles. The zero-order chi connectivity index (χ0) is 20.9. The Hall–Kier alpha value is -2.49. The van der Waals surface area contributed by atoms with Crippen LogP contribution in [0, 0.1) is 5.92 Å². The molecule has 1 fully saturated rings. The summed E-state index contributed by atoms with van der Waals surface area (Å²) in [7, 11) is 0. The number of ether oxygens (including phenoxy) is 1. The van der Waals surface area contributed by atoms with Crippen LogP contribution < -0.4 is 15.0 Å². The van der Waals surface area contributed by atoms with Crippen LogP contribution in [0.15, 0.2) is 42.5 Å². The molecule has 0 aromatic heterocycles. The molecule has 1 saturated heterocycles. The van der Waals surface area contributed by atoms with Crippen molar-refractivity contribution in [3.63, 3.8) is 0 Å². The van der Waals surface area contributed by atoms with E-state index in [4.69, 9.17) is 4.74 Å². The number of hydrogen-bond acceptors (Lipinski definition) is 3. The number of amides is 1. The summed E-state index contributed by atoms with van der Waals surface area (Å²) in [5, 5.41) is 3.06. The van der Waals surface area contributed by atoms with Crippen LogP contribution in [0.1, 0.15) is 62.3 Å². The number of aryl methyl sites for hydroxylation is 2. The number of carbonyl (C=O) groups excluding carboxylic acids is 1. The number of benzene rings is 2. The predicted octanol–water partition coefficient (Wildman–Crippen LogP) is 5.06. The summed E-state index contributed by atoms with van der Waals surface area (Å²) in [6, 6.07) is 14.8. The molecule has 4 rings (SSSR count). The Labute approximate surface area is 180 Å². The molecule has 1 aliphatic carbocycles. The minimum absolute atomic E-state index is 0.0426. The molecule has 2 atom stereocenters. The Bertz CT molecular complexity index is 862. The summed E-state index contributed by atoms with van der Waals surface area (Å²) >= 11 is 0. The van der Waals surface area contributed by atoms with Crippen LogP contribution in [-0.4, -0.2) is 25.6 Å². The largest absolute Gasteiger partial charge is 0.484 e. The van der Waals surface area contributed by atoms with E-state index in [9.17, 15) is 4.79 Å². The first-order valence-electron chi connectivity index (χ1n) is 11.5. The van der Waals surface area contributed by atoms with Crippen LogP contribution in [0.5, 0.6) is 5.75 Å². The molecule has 4 heteroatoms. The topological polar surface area (TPSA) is 41.6 Å². The van der Waals surface area contributed by atoms with Gasteiger partial charge in [-0.3, -0.25) is 4.79 Å². The molecule has 2 aliphatic rings. The standard InChI is InChI=1S/C26H34N2O2/c1-19-6-5-15-28(17-19)24-12-9-21(10-13-24)20(2)27-26(29)18-30-25-14-11-22-7-3-4-8-23(22)16-25/h9-14,16,19-20H,3-8,15,17-18H2,1-2H3,(H,27,29)/t19-,20+/m1/s1. The summed E-state index contributed by atoms with van der Waals surface area (Å²) in [5.74, 6) is 1.46. The molecule has 160 valence electrons. The number of fused-ring (bicyclic) bond motifs is 1. The van der Waals surface area contributed by atoms with Crippen LogP contribution in [-0.2, 0) is 17.6 Å². The van der Waals surface area contributed by atoms with Gasteiger partial charge in [-0.1, -0.05) is 25.1 Å². The third kappa shape index (κ3) is 5.16. The van der Waals surface area contributed by atoms with E-state index < -0.39 is 0 Å². The van der Waals surface area contributed by atoms with Gasteiger partial charge in [-0.15, -0.1) is 0 Å². The number of rotatable bonds is 6. The molecule has 4 nitrogen and oxygen atoms in total. The van der Waals surface area contributed by atoms with Crippen molar-refractivity contribution in [3.8, 4) is 5.75 Å². The summed E-state index contributed by atoms with van der Waals surface area (Å²) in [6.45, 7) is 6.66. The molecular formula is C26H34N2O2. The number of carbonyl (C=O) groups is 1. The molecule has 1 amide bonds. The number of anilines is 1. The highest BCUT2D eigenvalue weighted by molar-refractivity contribution is 5.78. The zero-order valence-electron chi connectivity index (χ0n) is 18.3. The molecule has 1 aliphatic heterocycles. The van der Waals surface area contributed by atoms with Crippen LogP contribution in [0.25, 0.3) is 0 Å². The average molecular weight is 407 g/mol. The van der Waals surface area contributed by atoms with Gasteiger partial charge in [0.25, 0.3) is 5.91 Å². The van der Waals surface area contributed by atoms with Gasteiger partial charge in [0, 0.05) is 18.8 Å². The molecule has 0 bridgehead atoms. The van der Waals surface area contributed by atoms with E-state index >= 15 is 0 Å². The molecule has 0 radical (unpaired) electrons. The second kappa shape index (κ2) is 9.55. The Morgan fingerprint density at radius 3 is 2.63 bits per heavy atom. The summed E-state index contributed by atoms with van der Waals surface area (Å²) < 4.78 is 5.76. The average Bonchev–Trinajstić information content (AvgIpc) is 2.77. The van der Waals surface area contributed by atoms with Crippen molar-refractivity contribution < 1.29 is 9.53 Å². The molecule has 1 N–H and O–H groups in total. The van der Waals surface area contributed by atoms with Crippen molar-refractivity contribution in [2.75, 3.05) is 24.6 Å². The number of piperidine rings is 1. The summed E-state index contributed by atoms with van der Waals surface area (Å²) in [6.07, 6.45) is 7.37. The Balaban J connectivity index is 1.28. The highest BCUT2D eigenvalue weighted by atomic mass is 16.5. The minimum Gasteiger partial charge on any atom is -0.484 e. The van der Waals surface area contributed by atoms with Crippen LogP contribution >= 0.6 is 0 Å². The predicted molar refractivity (Wildman–Crippen MR) is 122 cm³/mol. The van der Waals surface area contributed by atoms with Crippen LogP contribution in [0.3, 0.4) is 0 Å². The fourth-order valence-electron chi connectivity index (χ4n) is 4.71. The molecular weight excluding hydrogens is 372 g/mol. The molecule has 0 unspecified atom stereocenters. The highest BCUT2D eigenvalue weighted by Crippen LogP contribution is 2.26. The SMILES string of the molecule is C[C@@H]1CCCN(c2ccc([C@H](C)NC(=O)COc3ccc4c(c3)CCCC4)cc2)C1. The van der Waals surface area contributed by atoms with E-state index in [-0.39, 0.29) is 18.6 Å². The molecule has 1 heterocycles. The van der Waals surface area contributed by atoms with Crippen LogP contribution in [0.2, 0.25) is 0 Å². The number of nitrogens with one attached hydrogen (secondary N) is 1. The van der Waals surface area contributed by atoms with Gasteiger partial charge in [0.2, 0.25) is 0 Å². The van der Waals surface area contributed by atoms with Crippen LogP contribution in [0.4, 0.5) is 5.69 Å². The third-order valence-electron chi connectivity index (χ3n) is 6.48. The van der Waals surface area contributed by atoms with Crippen molar-refractivity contribution in [3.05, 3.63) is 59.2 Å². The third-order valence-corrected chi connectivity index (χ3v) is 6.48. The van der Waals surface area contributed by atoms with Gasteiger partial charge in [-0.25, -0.2) is 0 Å². The number of hydrogen-bond donors (Lipinski definition) is 1. The van der Waals surface area contributed by atoms with Gasteiger partial charge < -0.3 is 15.0 Å². The fraction of sp³-hybridized carbons (Fsp3) is 0.500. The Morgan fingerprint density at radius 2 is 1.87 bits per heavy atom. The van der Waals surface area contributed by atoms with Crippen molar-refractivity contribution in [2.24, 2.45) is 5.92 Å². The summed E-state index contributed by atoms with van der Waals surface area (Å²) in [5.41, 5.74) is 5.19. The molecule has 0 spiro atoms. The van der Waals surface area contributed by atoms with E-state index in [1.165, 1.54) is 42.5 Å². The summed E-state index contributed by atoms with van der Waals surface area (Å²) in [4.78, 5) is 14.9. The lowest BCUT2D eigenvalue weighted by Crippen LogP contribution is -2.34. The van der Waals surface area contributed by atoms with Gasteiger partial charge in [-0.05, 0) is 92.3 Å². The second-order valence-corrected chi connectivity index (χ2v) is 9.00. The maximum absolute atomic E-state index is 12.4. The molecule has 2 aromatic rings. The molecule has 30 heavy (non-hydrogen) atoms. The van der Waals surface area contributed by atoms with Crippen molar-refractivity contribution in [1.29, 1.82) is 0 Å². The van der Waals surface area contributed by atoms with E-state index in [0.29, 0.717) is 0 Å². The van der Waals surface area contributed by atoms with E-state index in [0.717, 1.165) is 43.2 Å². The first-order valence-corrected chi connectivity index (χ1v) is 11.5. The highest BCUT2D eigenvalue weighted by Gasteiger charge is 2.17. The lowest BCUT2D eigenvalue weighted by molar-refractivity contribution is -0.123. The Kier molecular flexibility index (Phi) is 6.61. The quantitative estimate of drug-likeness (QED) is 0.729. The lowest BCUT2D eigenvalue weighted by Gasteiger charge is -2.33. The first-order chi connectivity index (χ1) is 14.6. The fourth-order valence-corrected chi connectivity index (χ4v) is 4.71. The van der Waals surface area contributed by atoms with Gasteiger partial charge in [0.1, 0.15) is 5.75 Å². The van der Waals surface area contributed by atoms with Gasteiger partial charge in [-0.2, -0.15) is 0 Å². The van der Waals surface area contributed by atoms with Crippen molar-refractivity contribution in [1.82, 2.24) is 5.32 Å². The van der Waals surface area contributed by atoms with E-state index in [2.05, 4.69) is 53.5 Å². The lowest BCUT2D eigenvalue weighted by atomic mass is 9.92. The maximum Gasteiger partial charge on any atom is 0.258 e. The van der Waals surface area contributed by atoms with E-state index in [1.54, 1.807) is 0 Å². The first kappa shape index (κ1) is 20.8. The second-order valence-electron chi connectivity index (χ2n) is 9.00. The number of nitrogens with zero attached hydrogens (tertiary/aromatic N) is 1. The smallest absolute Gasteiger partial charge is 0.258 e. The minimum atomic E-state index is -0.0887. The van der Waals surface area contributed by atoms with Gasteiger partial charge in [0.05, 0.1) is 6.04 Å². The van der Waals surface area contributed by atoms with E-state index in [1.807, 2.05) is 13.0 Å². The molecule has 0 saturated carbocycles. The monoisotopic (exact) mass is 406 g/mol. The van der Waals surface area contributed by atoms with Crippen molar-refractivity contribution >= 4 is 11.6 Å².